The summed E-state index contributed by atoms with van der Waals surface area (Å²) in [7, 11) is 0. The lowest BCUT2D eigenvalue weighted by Gasteiger charge is -2.03. The van der Waals surface area contributed by atoms with Crippen LogP contribution in [0.5, 0.6) is 0 Å². The predicted octanol–water partition coefficient (Wildman–Crippen LogP) is 2.00. The number of benzene rings is 1. The molecule has 0 aliphatic rings. The molecule has 1 aromatic rings. The largest absolute Gasteiger partial charge is 0.236 e. The lowest BCUT2D eigenvalue weighted by atomic mass is 10.1. The quantitative estimate of drug-likeness (QED) is 0.427. The Bertz CT molecular complexity index is 452. The van der Waals surface area contributed by atoms with Crippen LogP contribution in [0.3, 0.4) is 0 Å². The molecule has 1 rings (SSSR count). The molecule has 1 atom stereocenters. The highest BCUT2D eigenvalue weighted by Gasteiger charge is 2.16. The number of aliphatic imine (C=N–C) groups is 1. The second-order valence-corrected chi connectivity index (χ2v) is 2.55. The molecule has 0 saturated carbocycles. The van der Waals surface area contributed by atoms with Crippen LogP contribution in [0.25, 0.3) is 0 Å². The maximum atomic E-state index is 12.7. The van der Waals surface area contributed by atoms with Crippen LogP contribution in [0.15, 0.2) is 17.1 Å². The fourth-order valence-electron chi connectivity index (χ4n) is 0.964. The maximum absolute atomic E-state index is 12.7. The molecule has 0 aliphatic carbocycles. The van der Waals surface area contributed by atoms with E-state index in [1.165, 1.54) is 6.07 Å². The van der Waals surface area contributed by atoms with Crippen molar-refractivity contribution in [3.05, 3.63) is 35.1 Å². The number of rotatable bonds is 2. The molecule has 0 saturated heterocycles. The molecule has 6 heteroatoms. The highest BCUT2D eigenvalue weighted by molar-refractivity contribution is 5.38. The Morgan fingerprint density at radius 1 is 1.27 bits per heavy atom. The first-order chi connectivity index (χ1) is 7.10. The molecule has 0 fully saturated rings. The average Bonchev–Trinajstić information content (AvgIpc) is 2.22. The van der Waals surface area contributed by atoms with Crippen molar-refractivity contribution in [3.8, 4) is 6.07 Å². The Balaban J connectivity index is 3.27. The van der Waals surface area contributed by atoms with Gasteiger partial charge in [0.1, 0.15) is 0 Å². The third kappa shape index (κ3) is 2.22. The molecule has 0 aliphatic heterocycles. The van der Waals surface area contributed by atoms with Gasteiger partial charge in [-0.15, -0.1) is 0 Å². The van der Waals surface area contributed by atoms with E-state index < -0.39 is 23.5 Å². The fourth-order valence-corrected chi connectivity index (χ4v) is 0.964. The van der Waals surface area contributed by atoms with Gasteiger partial charge in [0.25, 0.3) is 0 Å². The normalized spacial score (nSPS) is 11.3. The van der Waals surface area contributed by atoms with Crippen molar-refractivity contribution in [2.45, 2.75) is 6.04 Å². The standard InChI is InChI=1S/C9H3F3N2O/c10-6-1-5(2-7(11)9(6)12)8(3-13)14-4-15/h1-2,8H. The summed E-state index contributed by atoms with van der Waals surface area (Å²) in [5.74, 6) is -4.51. The van der Waals surface area contributed by atoms with Gasteiger partial charge in [0.15, 0.2) is 23.5 Å². The Morgan fingerprint density at radius 3 is 2.20 bits per heavy atom. The van der Waals surface area contributed by atoms with Gasteiger partial charge in [0.05, 0.1) is 6.07 Å². The van der Waals surface area contributed by atoms with E-state index in [9.17, 15) is 18.0 Å². The van der Waals surface area contributed by atoms with Crippen molar-refractivity contribution in [2.75, 3.05) is 0 Å². The number of hydrogen-bond acceptors (Lipinski definition) is 3. The monoisotopic (exact) mass is 212 g/mol. The summed E-state index contributed by atoms with van der Waals surface area (Å²) in [5.41, 5.74) is -0.239. The van der Waals surface area contributed by atoms with Gasteiger partial charge in [-0.3, -0.25) is 0 Å². The molecule has 0 N–H and O–H groups in total. The fraction of sp³-hybridized carbons (Fsp3) is 0.111. The average molecular weight is 212 g/mol. The van der Waals surface area contributed by atoms with Gasteiger partial charge in [0, 0.05) is 0 Å². The third-order valence-electron chi connectivity index (χ3n) is 1.63. The summed E-state index contributed by atoms with van der Waals surface area (Å²) in [6, 6.07) is 1.33. The van der Waals surface area contributed by atoms with Crippen molar-refractivity contribution in [1.29, 1.82) is 5.26 Å². The minimum absolute atomic E-state index is 0.239. The zero-order valence-corrected chi connectivity index (χ0v) is 7.17. The molecule has 0 radical (unpaired) electrons. The molecule has 3 nitrogen and oxygen atoms in total. The van der Waals surface area contributed by atoms with E-state index >= 15 is 0 Å². The van der Waals surface area contributed by atoms with E-state index in [0.717, 1.165) is 6.08 Å². The molecule has 0 heterocycles. The summed E-state index contributed by atoms with van der Waals surface area (Å²) < 4.78 is 37.9. The van der Waals surface area contributed by atoms with Crippen molar-refractivity contribution < 1.29 is 18.0 Å². The minimum Gasteiger partial charge on any atom is -0.211 e. The molecule has 0 bridgehead atoms. The van der Waals surface area contributed by atoms with Gasteiger partial charge in [-0.05, 0) is 17.7 Å². The topological polar surface area (TPSA) is 53.2 Å². The molecule has 0 spiro atoms. The number of halogens is 3. The van der Waals surface area contributed by atoms with Gasteiger partial charge < -0.3 is 0 Å². The number of nitriles is 1. The Hall–Kier alpha value is -2.12. The zero-order chi connectivity index (χ0) is 11.4. The summed E-state index contributed by atoms with van der Waals surface area (Å²) >= 11 is 0. The minimum atomic E-state index is -1.63. The van der Waals surface area contributed by atoms with Crippen LogP contribution in [-0.4, -0.2) is 6.08 Å². The van der Waals surface area contributed by atoms with Crippen molar-refractivity contribution in [3.63, 3.8) is 0 Å². The van der Waals surface area contributed by atoms with Crippen LogP contribution in [0.2, 0.25) is 0 Å². The molecule has 0 aromatic heterocycles. The number of isocyanates is 1. The number of carbonyl (C=O) groups excluding carboxylic acids is 1. The van der Waals surface area contributed by atoms with Gasteiger partial charge in [-0.1, -0.05) is 0 Å². The van der Waals surface area contributed by atoms with E-state index in [2.05, 4.69) is 4.99 Å². The van der Waals surface area contributed by atoms with E-state index in [0.29, 0.717) is 12.1 Å². The predicted molar refractivity (Wildman–Crippen MR) is 42.8 cm³/mol. The molecule has 1 unspecified atom stereocenters. The van der Waals surface area contributed by atoms with Crippen LogP contribution in [0, 0.1) is 28.8 Å². The summed E-state index contributed by atoms with van der Waals surface area (Å²) in [6.07, 6.45) is 1.08. The molecule has 76 valence electrons. The van der Waals surface area contributed by atoms with Crippen molar-refractivity contribution >= 4 is 6.08 Å². The van der Waals surface area contributed by atoms with Gasteiger partial charge in [-0.2, -0.15) is 10.3 Å². The van der Waals surface area contributed by atoms with Crippen LogP contribution < -0.4 is 0 Å². The van der Waals surface area contributed by atoms with Crippen LogP contribution in [0.4, 0.5) is 13.2 Å². The molecular formula is C9H3F3N2O. The summed E-state index contributed by atoms with van der Waals surface area (Å²) in [4.78, 5) is 12.9. The molecule has 0 amide bonds. The molecule has 1 aromatic carbocycles. The van der Waals surface area contributed by atoms with Gasteiger partial charge in [0.2, 0.25) is 6.08 Å². The van der Waals surface area contributed by atoms with Gasteiger partial charge >= 0.3 is 0 Å². The Labute approximate surface area is 82.5 Å². The SMILES string of the molecule is N#CC(N=C=O)c1cc(F)c(F)c(F)c1. The lowest BCUT2D eigenvalue weighted by molar-refractivity contribution is 0.444. The number of hydrogen-bond donors (Lipinski definition) is 0. The van der Waals surface area contributed by atoms with Crippen LogP contribution in [0.1, 0.15) is 11.6 Å². The summed E-state index contributed by atoms with van der Waals surface area (Å²) in [6.45, 7) is 0. The van der Waals surface area contributed by atoms with Gasteiger partial charge in [-0.25, -0.2) is 18.0 Å². The highest BCUT2D eigenvalue weighted by atomic mass is 19.2. The Kier molecular flexibility index (Phi) is 3.21. The van der Waals surface area contributed by atoms with Crippen LogP contribution >= 0.6 is 0 Å². The first kappa shape index (κ1) is 11.0. The second-order valence-electron chi connectivity index (χ2n) is 2.55. The van der Waals surface area contributed by atoms with Crippen molar-refractivity contribution in [2.24, 2.45) is 4.99 Å². The first-order valence-electron chi connectivity index (χ1n) is 3.71. The lowest BCUT2D eigenvalue weighted by Crippen LogP contribution is -1.98. The van der Waals surface area contributed by atoms with E-state index in [1.807, 2.05) is 0 Å². The zero-order valence-electron chi connectivity index (χ0n) is 7.17. The molecular weight excluding hydrogens is 209 g/mol. The van der Waals surface area contributed by atoms with E-state index in [4.69, 9.17) is 5.26 Å². The Morgan fingerprint density at radius 2 is 1.80 bits per heavy atom. The third-order valence-corrected chi connectivity index (χ3v) is 1.63. The summed E-state index contributed by atoms with van der Waals surface area (Å²) in [5, 5.41) is 8.50. The number of nitrogens with zero attached hydrogens (tertiary/aromatic N) is 2. The van der Waals surface area contributed by atoms with E-state index in [1.54, 1.807) is 0 Å². The molecule has 15 heavy (non-hydrogen) atoms. The smallest absolute Gasteiger partial charge is 0.211 e. The second kappa shape index (κ2) is 4.40. The van der Waals surface area contributed by atoms with Crippen molar-refractivity contribution in [1.82, 2.24) is 0 Å². The van der Waals surface area contributed by atoms with Crippen LogP contribution in [-0.2, 0) is 4.79 Å². The first-order valence-corrected chi connectivity index (χ1v) is 3.71. The highest BCUT2D eigenvalue weighted by Crippen LogP contribution is 2.21. The van der Waals surface area contributed by atoms with E-state index in [-0.39, 0.29) is 5.56 Å². The maximum Gasteiger partial charge on any atom is 0.236 e.